The first-order chi connectivity index (χ1) is 9.17. The van der Waals surface area contributed by atoms with E-state index in [1.807, 2.05) is 12.1 Å². The van der Waals surface area contributed by atoms with E-state index in [0.29, 0.717) is 12.0 Å². The fraction of sp³-hybridized carbons (Fsp3) is 0.467. The Kier molecular flexibility index (Phi) is 3.65. The Balaban J connectivity index is 1.83. The molecule has 3 rings (SSSR count). The minimum atomic E-state index is 0.322. The monoisotopic (exact) mass is 322 g/mol. The average molecular weight is 323 g/mol. The fourth-order valence-electron chi connectivity index (χ4n) is 2.83. The Morgan fingerprint density at radius 2 is 2.32 bits per heavy atom. The first kappa shape index (κ1) is 13.2. The molecule has 2 aromatic rings. The zero-order valence-corrected chi connectivity index (χ0v) is 12.7. The molecule has 3 nitrogen and oxygen atoms in total. The van der Waals surface area contributed by atoms with Crippen LogP contribution in [0.4, 0.5) is 0 Å². The standard InChI is InChI=1S/C15H19BrN2O/c1-10(18-5-4-11(8-17)9-18)15-7-12-6-13(16)2-3-14(12)19-15/h2-3,6-7,10-11H,4-5,8-9,17H2,1H3. The number of hydrogen-bond acceptors (Lipinski definition) is 3. The second-order valence-corrected chi connectivity index (χ2v) is 6.31. The summed E-state index contributed by atoms with van der Waals surface area (Å²) in [7, 11) is 0. The van der Waals surface area contributed by atoms with E-state index < -0.39 is 0 Å². The van der Waals surface area contributed by atoms with Gasteiger partial charge in [-0.3, -0.25) is 4.90 Å². The van der Waals surface area contributed by atoms with Gasteiger partial charge in [-0.15, -0.1) is 0 Å². The molecule has 1 aromatic carbocycles. The van der Waals surface area contributed by atoms with Crippen molar-refractivity contribution in [1.29, 1.82) is 0 Å². The highest BCUT2D eigenvalue weighted by molar-refractivity contribution is 9.10. The summed E-state index contributed by atoms with van der Waals surface area (Å²) < 4.78 is 7.06. The summed E-state index contributed by atoms with van der Waals surface area (Å²) in [6.45, 7) is 5.20. The maximum atomic E-state index is 5.97. The Morgan fingerprint density at radius 1 is 1.47 bits per heavy atom. The molecule has 2 unspecified atom stereocenters. The summed E-state index contributed by atoms with van der Waals surface area (Å²) in [6.07, 6.45) is 1.20. The number of nitrogens with zero attached hydrogens (tertiary/aromatic N) is 1. The molecule has 19 heavy (non-hydrogen) atoms. The molecule has 0 spiro atoms. The number of likely N-dealkylation sites (tertiary alicyclic amines) is 1. The van der Waals surface area contributed by atoms with E-state index in [4.69, 9.17) is 10.2 Å². The zero-order valence-electron chi connectivity index (χ0n) is 11.1. The summed E-state index contributed by atoms with van der Waals surface area (Å²) >= 11 is 3.50. The topological polar surface area (TPSA) is 42.4 Å². The molecular weight excluding hydrogens is 304 g/mol. The second kappa shape index (κ2) is 5.27. The van der Waals surface area contributed by atoms with Crippen LogP contribution < -0.4 is 5.73 Å². The van der Waals surface area contributed by atoms with Crippen molar-refractivity contribution in [1.82, 2.24) is 4.90 Å². The Morgan fingerprint density at radius 3 is 3.05 bits per heavy atom. The lowest BCUT2D eigenvalue weighted by Gasteiger charge is -2.22. The van der Waals surface area contributed by atoms with Crippen LogP contribution in [0.15, 0.2) is 33.2 Å². The predicted molar refractivity (Wildman–Crippen MR) is 81.1 cm³/mol. The van der Waals surface area contributed by atoms with Crippen molar-refractivity contribution in [2.24, 2.45) is 11.7 Å². The van der Waals surface area contributed by atoms with Gasteiger partial charge in [-0.1, -0.05) is 15.9 Å². The van der Waals surface area contributed by atoms with Crippen molar-refractivity contribution < 1.29 is 4.42 Å². The molecule has 0 aliphatic carbocycles. The van der Waals surface area contributed by atoms with E-state index in [9.17, 15) is 0 Å². The van der Waals surface area contributed by atoms with Gasteiger partial charge in [0.15, 0.2) is 0 Å². The van der Waals surface area contributed by atoms with Gasteiger partial charge < -0.3 is 10.2 Å². The Labute approximate surface area is 121 Å². The maximum absolute atomic E-state index is 5.97. The van der Waals surface area contributed by atoms with Crippen LogP contribution in [0, 0.1) is 5.92 Å². The quantitative estimate of drug-likeness (QED) is 0.939. The van der Waals surface area contributed by atoms with E-state index >= 15 is 0 Å². The lowest BCUT2D eigenvalue weighted by atomic mass is 10.1. The molecule has 2 heterocycles. The number of nitrogens with two attached hydrogens (primary N) is 1. The van der Waals surface area contributed by atoms with Crippen LogP contribution in [-0.2, 0) is 0 Å². The van der Waals surface area contributed by atoms with Crippen molar-refractivity contribution in [2.75, 3.05) is 19.6 Å². The SMILES string of the molecule is CC(c1cc2cc(Br)ccc2o1)N1CCC(CN)C1. The number of hydrogen-bond donors (Lipinski definition) is 1. The molecule has 2 N–H and O–H groups in total. The molecule has 2 atom stereocenters. The molecule has 1 aromatic heterocycles. The molecule has 0 amide bonds. The number of benzene rings is 1. The van der Waals surface area contributed by atoms with E-state index in [-0.39, 0.29) is 0 Å². The summed E-state index contributed by atoms with van der Waals surface area (Å²) in [4.78, 5) is 2.46. The highest BCUT2D eigenvalue weighted by atomic mass is 79.9. The second-order valence-electron chi connectivity index (χ2n) is 5.39. The molecule has 0 saturated carbocycles. The van der Waals surface area contributed by atoms with Crippen molar-refractivity contribution in [3.8, 4) is 0 Å². The smallest absolute Gasteiger partial charge is 0.134 e. The van der Waals surface area contributed by atoms with Crippen LogP contribution in [0.3, 0.4) is 0 Å². The number of fused-ring (bicyclic) bond motifs is 1. The minimum absolute atomic E-state index is 0.322. The van der Waals surface area contributed by atoms with Crippen LogP contribution in [0.1, 0.15) is 25.1 Å². The average Bonchev–Trinajstić information content (AvgIpc) is 3.03. The van der Waals surface area contributed by atoms with Crippen LogP contribution >= 0.6 is 15.9 Å². The van der Waals surface area contributed by atoms with E-state index in [1.54, 1.807) is 0 Å². The highest BCUT2D eigenvalue weighted by Crippen LogP contribution is 2.31. The van der Waals surface area contributed by atoms with Crippen molar-refractivity contribution >= 4 is 26.9 Å². The molecule has 1 aliphatic rings. The largest absolute Gasteiger partial charge is 0.459 e. The lowest BCUT2D eigenvalue weighted by molar-refractivity contribution is 0.227. The van der Waals surface area contributed by atoms with E-state index in [2.05, 4.69) is 39.9 Å². The van der Waals surface area contributed by atoms with Crippen molar-refractivity contribution in [3.63, 3.8) is 0 Å². The number of rotatable bonds is 3. The fourth-order valence-corrected chi connectivity index (χ4v) is 3.21. The molecule has 1 saturated heterocycles. The highest BCUT2D eigenvalue weighted by Gasteiger charge is 2.27. The van der Waals surface area contributed by atoms with Gasteiger partial charge in [-0.2, -0.15) is 0 Å². The van der Waals surface area contributed by atoms with Gasteiger partial charge in [-0.05, 0) is 56.6 Å². The van der Waals surface area contributed by atoms with Crippen LogP contribution in [0.25, 0.3) is 11.0 Å². The number of furan rings is 1. The Hall–Kier alpha value is -0.840. The molecule has 0 radical (unpaired) electrons. The molecule has 1 aliphatic heterocycles. The van der Waals surface area contributed by atoms with E-state index in [1.165, 1.54) is 6.42 Å². The predicted octanol–water partition coefficient (Wildman–Crippen LogP) is 3.54. The number of halogens is 1. The van der Waals surface area contributed by atoms with Gasteiger partial charge in [-0.25, -0.2) is 0 Å². The molecule has 102 valence electrons. The van der Waals surface area contributed by atoms with Crippen LogP contribution in [0.5, 0.6) is 0 Å². The first-order valence-corrected chi connectivity index (χ1v) is 7.60. The maximum Gasteiger partial charge on any atom is 0.134 e. The van der Waals surface area contributed by atoms with Gasteiger partial charge in [0.1, 0.15) is 11.3 Å². The zero-order chi connectivity index (χ0) is 13.4. The van der Waals surface area contributed by atoms with Crippen molar-refractivity contribution in [2.45, 2.75) is 19.4 Å². The third kappa shape index (κ3) is 2.57. The lowest BCUT2D eigenvalue weighted by Crippen LogP contribution is -2.25. The Bertz CT molecular complexity index is 581. The van der Waals surface area contributed by atoms with Gasteiger partial charge in [0.05, 0.1) is 6.04 Å². The summed E-state index contributed by atoms with van der Waals surface area (Å²) in [6, 6.07) is 8.60. The minimum Gasteiger partial charge on any atom is -0.459 e. The van der Waals surface area contributed by atoms with Gasteiger partial charge >= 0.3 is 0 Å². The summed E-state index contributed by atoms with van der Waals surface area (Å²) in [5, 5.41) is 1.16. The molecule has 4 heteroatoms. The summed E-state index contributed by atoms with van der Waals surface area (Å²) in [5.41, 5.74) is 6.72. The third-order valence-corrected chi connectivity index (χ3v) is 4.60. The van der Waals surface area contributed by atoms with Gasteiger partial charge in [0.2, 0.25) is 0 Å². The molecule has 0 bridgehead atoms. The first-order valence-electron chi connectivity index (χ1n) is 6.80. The van der Waals surface area contributed by atoms with E-state index in [0.717, 1.165) is 40.8 Å². The van der Waals surface area contributed by atoms with Gasteiger partial charge in [0, 0.05) is 16.4 Å². The van der Waals surface area contributed by atoms with Gasteiger partial charge in [0.25, 0.3) is 0 Å². The van der Waals surface area contributed by atoms with Crippen molar-refractivity contribution in [3.05, 3.63) is 34.5 Å². The van der Waals surface area contributed by atoms with Crippen LogP contribution in [0.2, 0.25) is 0 Å². The third-order valence-electron chi connectivity index (χ3n) is 4.11. The molecular formula is C15H19BrN2O. The molecule has 1 fully saturated rings. The normalized spacial score (nSPS) is 22.2. The van der Waals surface area contributed by atoms with Crippen LogP contribution in [-0.4, -0.2) is 24.5 Å². The summed E-state index contributed by atoms with van der Waals surface area (Å²) in [5.74, 6) is 1.69.